The van der Waals surface area contributed by atoms with Crippen LogP contribution in [-0.2, 0) is 9.47 Å². The lowest BCUT2D eigenvalue weighted by Gasteiger charge is -2.09. The van der Waals surface area contributed by atoms with Gasteiger partial charge in [0.15, 0.2) is 5.76 Å². The van der Waals surface area contributed by atoms with Crippen molar-refractivity contribution in [3.8, 4) is 5.75 Å². The summed E-state index contributed by atoms with van der Waals surface area (Å²) in [5.74, 6) is 0.663. The first-order valence-corrected chi connectivity index (χ1v) is 5.78. The van der Waals surface area contributed by atoms with Gasteiger partial charge in [-0.2, -0.15) is 0 Å². The molecule has 1 aromatic carbocycles. The van der Waals surface area contributed by atoms with Crippen LogP contribution in [0.3, 0.4) is 0 Å². The fourth-order valence-electron chi connectivity index (χ4n) is 1.80. The fourth-order valence-corrected chi connectivity index (χ4v) is 1.80. The van der Waals surface area contributed by atoms with Gasteiger partial charge in [-0.05, 0) is 24.3 Å². The molecular weight excluding hydrogens is 244 g/mol. The lowest BCUT2D eigenvalue weighted by Crippen LogP contribution is -1.92. The summed E-state index contributed by atoms with van der Waals surface area (Å²) < 4.78 is 10.2. The second-order valence-electron chi connectivity index (χ2n) is 4.01. The lowest BCUT2D eigenvalue weighted by molar-refractivity contribution is 0.100. The Balaban J connectivity index is 1.83. The first kappa shape index (κ1) is 11.4. The van der Waals surface area contributed by atoms with Crippen LogP contribution < -0.4 is 5.32 Å². The van der Waals surface area contributed by atoms with E-state index in [0.717, 1.165) is 11.4 Å². The molecule has 0 fully saturated rings. The van der Waals surface area contributed by atoms with E-state index in [1.54, 1.807) is 24.5 Å². The van der Waals surface area contributed by atoms with Crippen LogP contribution in [0.25, 0.3) is 5.76 Å². The fraction of sp³-hybridized carbons (Fsp3) is 0.0714. The second kappa shape index (κ2) is 4.89. The second-order valence-corrected chi connectivity index (χ2v) is 4.01. The highest BCUT2D eigenvalue weighted by atomic mass is 16.7. The standard InChI is InChI=1S/C14H12N2O3/c17-13-6-10(16-11-2-1-5-15-7-11)3-4-12(13)14-8-18-9-19-14/h1-8,16-17H,9H2. The van der Waals surface area contributed by atoms with Crippen molar-refractivity contribution in [3.05, 3.63) is 54.6 Å². The van der Waals surface area contributed by atoms with Crippen molar-refractivity contribution in [1.82, 2.24) is 4.98 Å². The Kier molecular flexibility index (Phi) is 2.94. The minimum Gasteiger partial charge on any atom is -0.507 e. The molecule has 5 nitrogen and oxygen atoms in total. The van der Waals surface area contributed by atoms with Crippen molar-refractivity contribution in [2.24, 2.45) is 0 Å². The highest BCUT2D eigenvalue weighted by Gasteiger charge is 2.13. The normalized spacial score (nSPS) is 13.4. The van der Waals surface area contributed by atoms with Crippen LogP contribution in [-0.4, -0.2) is 16.9 Å². The van der Waals surface area contributed by atoms with Gasteiger partial charge in [-0.15, -0.1) is 0 Å². The molecule has 1 aliphatic rings. The highest BCUT2D eigenvalue weighted by molar-refractivity contribution is 5.70. The average Bonchev–Trinajstić information content (AvgIpc) is 2.94. The first-order chi connectivity index (χ1) is 9.33. The molecule has 0 atom stereocenters. The number of ether oxygens (including phenoxy) is 2. The van der Waals surface area contributed by atoms with Crippen LogP contribution in [0.4, 0.5) is 11.4 Å². The zero-order valence-electron chi connectivity index (χ0n) is 10.0. The maximum absolute atomic E-state index is 10.00. The number of rotatable bonds is 3. The van der Waals surface area contributed by atoms with Gasteiger partial charge in [0.1, 0.15) is 12.0 Å². The van der Waals surface area contributed by atoms with Crippen LogP contribution >= 0.6 is 0 Å². The minimum atomic E-state index is 0.130. The van der Waals surface area contributed by atoms with Gasteiger partial charge in [0.25, 0.3) is 0 Å². The Bertz CT molecular complexity index is 611. The third-order valence-corrected chi connectivity index (χ3v) is 2.69. The van der Waals surface area contributed by atoms with Crippen LogP contribution in [0.15, 0.2) is 49.0 Å². The summed E-state index contributed by atoms with van der Waals surface area (Å²) in [6.07, 6.45) is 4.90. The Labute approximate surface area is 110 Å². The number of pyridine rings is 1. The Morgan fingerprint density at radius 1 is 1.21 bits per heavy atom. The molecule has 5 heteroatoms. The van der Waals surface area contributed by atoms with E-state index in [2.05, 4.69) is 10.3 Å². The molecule has 0 aliphatic carbocycles. The number of anilines is 2. The molecular formula is C14H12N2O3. The SMILES string of the molecule is Oc1cc(Nc2cccnc2)ccc1C1=COCO1. The quantitative estimate of drug-likeness (QED) is 0.884. The maximum Gasteiger partial charge on any atom is 0.230 e. The van der Waals surface area contributed by atoms with Gasteiger partial charge < -0.3 is 19.9 Å². The van der Waals surface area contributed by atoms with E-state index in [0.29, 0.717) is 11.3 Å². The zero-order chi connectivity index (χ0) is 13.1. The van der Waals surface area contributed by atoms with Gasteiger partial charge in [0.2, 0.25) is 6.79 Å². The summed E-state index contributed by atoms with van der Waals surface area (Å²) in [6.45, 7) is 0.185. The number of phenolic OH excluding ortho intramolecular Hbond substituents is 1. The molecule has 0 bridgehead atoms. The van der Waals surface area contributed by atoms with Gasteiger partial charge in [-0.3, -0.25) is 4.98 Å². The molecule has 0 amide bonds. The summed E-state index contributed by atoms with van der Waals surface area (Å²) in [7, 11) is 0. The molecule has 0 spiro atoms. The molecule has 0 saturated heterocycles. The van der Waals surface area contributed by atoms with Crippen molar-refractivity contribution in [2.75, 3.05) is 12.1 Å². The number of hydrogen-bond acceptors (Lipinski definition) is 5. The van der Waals surface area contributed by atoms with Gasteiger partial charge in [-0.25, -0.2) is 0 Å². The van der Waals surface area contributed by atoms with E-state index >= 15 is 0 Å². The average molecular weight is 256 g/mol. The number of hydrogen-bond donors (Lipinski definition) is 2. The van der Waals surface area contributed by atoms with Gasteiger partial charge in [0, 0.05) is 18.0 Å². The van der Waals surface area contributed by atoms with Gasteiger partial charge in [-0.1, -0.05) is 0 Å². The number of aromatic nitrogens is 1. The number of nitrogens with zero attached hydrogens (tertiary/aromatic N) is 1. The van der Waals surface area contributed by atoms with Crippen LogP contribution in [0.2, 0.25) is 0 Å². The molecule has 96 valence electrons. The van der Waals surface area contributed by atoms with E-state index in [-0.39, 0.29) is 12.5 Å². The monoisotopic (exact) mass is 256 g/mol. The van der Waals surface area contributed by atoms with Crippen LogP contribution in [0, 0.1) is 0 Å². The van der Waals surface area contributed by atoms with Crippen LogP contribution in [0.1, 0.15) is 5.56 Å². The molecule has 2 aromatic rings. The largest absolute Gasteiger partial charge is 0.507 e. The van der Waals surface area contributed by atoms with E-state index in [1.807, 2.05) is 18.2 Å². The van der Waals surface area contributed by atoms with Gasteiger partial charge in [0.05, 0.1) is 17.4 Å². The Morgan fingerprint density at radius 3 is 2.84 bits per heavy atom. The van der Waals surface area contributed by atoms with Crippen molar-refractivity contribution in [1.29, 1.82) is 0 Å². The first-order valence-electron chi connectivity index (χ1n) is 5.78. The van der Waals surface area contributed by atoms with E-state index in [4.69, 9.17) is 9.47 Å². The summed E-state index contributed by atoms with van der Waals surface area (Å²) >= 11 is 0. The third kappa shape index (κ3) is 2.44. The Morgan fingerprint density at radius 2 is 2.16 bits per heavy atom. The van der Waals surface area contributed by atoms with E-state index in [9.17, 15) is 5.11 Å². The van der Waals surface area contributed by atoms with Crippen molar-refractivity contribution >= 4 is 17.1 Å². The zero-order valence-corrected chi connectivity index (χ0v) is 10.0. The van der Waals surface area contributed by atoms with E-state index < -0.39 is 0 Å². The molecule has 19 heavy (non-hydrogen) atoms. The predicted octanol–water partition coefficient (Wildman–Crippen LogP) is 2.83. The van der Waals surface area contributed by atoms with Gasteiger partial charge >= 0.3 is 0 Å². The number of phenols is 1. The van der Waals surface area contributed by atoms with Crippen molar-refractivity contribution < 1.29 is 14.6 Å². The molecule has 2 N–H and O–H groups in total. The smallest absolute Gasteiger partial charge is 0.230 e. The summed E-state index contributed by atoms with van der Waals surface area (Å²) in [5.41, 5.74) is 2.23. The molecule has 1 aromatic heterocycles. The maximum atomic E-state index is 10.00. The molecule has 0 radical (unpaired) electrons. The number of nitrogens with one attached hydrogen (secondary N) is 1. The number of benzene rings is 1. The molecule has 0 unspecified atom stereocenters. The molecule has 0 saturated carbocycles. The van der Waals surface area contributed by atoms with Crippen molar-refractivity contribution in [3.63, 3.8) is 0 Å². The predicted molar refractivity (Wildman–Crippen MR) is 70.6 cm³/mol. The summed E-state index contributed by atoms with van der Waals surface area (Å²) in [5, 5.41) is 13.1. The van der Waals surface area contributed by atoms with Crippen molar-refractivity contribution in [2.45, 2.75) is 0 Å². The topological polar surface area (TPSA) is 63.6 Å². The summed E-state index contributed by atoms with van der Waals surface area (Å²) in [4.78, 5) is 4.01. The molecule has 3 rings (SSSR count). The molecule has 1 aliphatic heterocycles. The number of aromatic hydroxyl groups is 1. The highest BCUT2D eigenvalue weighted by Crippen LogP contribution is 2.31. The van der Waals surface area contributed by atoms with E-state index in [1.165, 1.54) is 6.26 Å². The third-order valence-electron chi connectivity index (χ3n) is 2.69. The minimum absolute atomic E-state index is 0.130. The summed E-state index contributed by atoms with van der Waals surface area (Å²) in [6, 6.07) is 8.99. The van der Waals surface area contributed by atoms with Crippen LogP contribution in [0.5, 0.6) is 5.75 Å². The molecule has 2 heterocycles. The Hall–Kier alpha value is -2.69. The lowest BCUT2D eigenvalue weighted by atomic mass is 10.1.